The van der Waals surface area contributed by atoms with Crippen molar-refractivity contribution in [2.24, 2.45) is 0 Å². The summed E-state index contributed by atoms with van der Waals surface area (Å²) in [6.07, 6.45) is 6.68. The highest BCUT2D eigenvalue weighted by molar-refractivity contribution is 14.1. The van der Waals surface area contributed by atoms with Gasteiger partial charge in [-0.2, -0.15) is 0 Å². The van der Waals surface area contributed by atoms with Crippen LogP contribution in [0.5, 0.6) is 11.5 Å². The van der Waals surface area contributed by atoms with Crippen LogP contribution >= 0.6 is 45.2 Å². The first kappa shape index (κ1) is 22.1. The molecule has 3 rings (SSSR count). The van der Waals surface area contributed by atoms with Crippen LogP contribution in [0.1, 0.15) is 5.56 Å². The fourth-order valence-electron chi connectivity index (χ4n) is 2.70. The Morgan fingerprint density at radius 2 is 1.77 bits per heavy atom. The van der Waals surface area contributed by atoms with Crippen LogP contribution in [0.3, 0.4) is 0 Å². The highest BCUT2D eigenvalue weighted by Gasteiger charge is 2.36. The topological polar surface area (TPSA) is 84.9 Å². The van der Waals surface area contributed by atoms with Crippen molar-refractivity contribution in [2.75, 3.05) is 18.6 Å². The zero-order chi connectivity index (χ0) is 21.8. The summed E-state index contributed by atoms with van der Waals surface area (Å²) in [4.78, 5) is 38.5. The van der Waals surface area contributed by atoms with Crippen LogP contribution in [0.15, 0.2) is 42.0 Å². The molecule has 7 nitrogen and oxygen atoms in total. The van der Waals surface area contributed by atoms with E-state index in [9.17, 15) is 14.4 Å². The number of imide groups is 2. The van der Waals surface area contributed by atoms with Crippen molar-refractivity contribution in [1.82, 2.24) is 5.32 Å². The number of nitrogens with one attached hydrogen (secondary N) is 1. The van der Waals surface area contributed by atoms with E-state index in [1.165, 1.54) is 13.2 Å². The maximum absolute atomic E-state index is 13.0. The molecule has 0 bridgehead atoms. The van der Waals surface area contributed by atoms with Gasteiger partial charge in [-0.25, -0.2) is 9.69 Å². The van der Waals surface area contributed by atoms with Gasteiger partial charge in [-0.1, -0.05) is 5.92 Å². The summed E-state index contributed by atoms with van der Waals surface area (Å²) in [6.45, 7) is 0.131. The number of hydrogen-bond acceptors (Lipinski definition) is 5. The highest BCUT2D eigenvalue weighted by atomic mass is 127. The van der Waals surface area contributed by atoms with Gasteiger partial charge < -0.3 is 9.47 Å². The molecule has 0 saturated carbocycles. The Morgan fingerprint density at radius 1 is 1.13 bits per heavy atom. The number of carbonyl (C=O) groups is 3. The van der Waals surface area contributed by atoms with Crippen LogP contribution in [-0.2, 0) is 9.59 Å². The smallest absolute Gasteiger partial charge is 0.335 e. The molecule has 9 heteroatoms. The fraction of sp³-hybridized carbons (Fsp3) is 0.0952. The first-order valence-electron chi connectivity index (χ1n) is 8.46. The second kappa shape index (κ2) is 9.48. The molecule has 1 fully saturated rings. The lowest BCUT2D eigenvalue weighted by molar-refractivity contribution is -0.122. The van der Waals surface area contributed by atoms with Crippen molar-refractivity contribution >= 4 is 74.8 Å². The molecular formula is C21H14I2N2O5. The predicted molar refractivity (Wildman–Crippen MR) is 128 cm³/mol. The number of benzene rings is 2. The summed E-state index contributed by atoms with van der Waals surface area (Å²) in [5, 5.41) is 2.20. The molecule has 0 aromatic heterocycles. The van der Waals surface area contributed by atoms with Crippen molar-refractivity contribution < 1.29 is 23.9 Å². The summed E-state index contributed by atoms with van der Waals surface area (Å²) in [6, 6.07) is 9.08. The average Bonchev–Trinajstić information content (AvgIpc) is 2.71. The Morgan fingerprint density at radius 3 is 2.33 bits per heavy atom. The molecule has 30 heavy (non-hydrogen) atoms. The Bertz CT molecular complexity index is 1080. The van der Waals surface area contributed by atoms with Crippen LogP contribution in [0, 0.1) is 19.5 Å². The zero-order valence-electron chi connectivity index (χ0n) is 15.6. The maximum atomic E-state index is 13.0. The van der Waals surface area contributed by atoms with Crippen LogP contribution in [0.25, 0.3) is 6.08 Å². The van der Waals surface area contributed by atoms with E-state index in [1.807, 2.05) is 0 Å². The number of amides is 4. The summed E-state index contributed by atoms with van der Waals surface area (Å²) >= 11 is 4.18. The van der Waals surface area contributed by atoms with Gasteiger partial charge in [0.2, 0.25) is 0 Å². The second-order valence-electron chi connectivity index (χ2n) is 5.96. The van der Waals surface area contributed by atoms with Gasteiger partial charge in [-0.05, 0) is 93.2 Å². The number of rotatable bonds is 5. The highest BCUT2D eigenvalue weighted by Crippen LogP contribution is 2.30. The molecule has 1 aliphatic rings. The van der Waals surface area contributed by atoms with Crippen molar-refractivity contribution in [3.63, 3.8) is 0 Å². The summed E-state index contributed by atoms with van der Waals surface area (Å²) in [7, 11) is 1.51. The molecule has 2 aromatic carbocycles. The predicted octanol–water partition coefficient (Wildman–Crippen LogP) is 3.58. The van der Waals surface area contributed by atoms with Crippen LogP contribution in [0.4, 0.5) is 10.5 Å². The van der Waals surface area contributed by atoms with Crippen molar-refractivity contribution in [3.8, 4) is 23.8 Å². The van der Waals surface area contributed by atoms with E-state index < -0.39 is 17.8 Å². The summed E-state index contributed by atoms with van der Waals surface area (Å²) in [5.74, 6) is 2.14. The Kier molecular flexibility index (Phi) is 6.99. The molecule has 0 atom stereocenters. The Balaban J connectivity index is 1.97. The quantitative estimate of drug-likeness (QED) is 0.237. The van der Waals surface area contributed by atoms with Crippen LogP contribution in [0.2, 0.25) is 0 Å². The van der Waals surface area contributed by atoms with E-state index >= 15 is 0 Å². The third-order valence-corrected chi connectivity index (χ3v) is 5.67. The third kappa shape index (κ3) is 4.59. The van der Waals surface area contributed by atoms with Gasteiger partial charge in [0.15, 0.2) is 0 Å². The molecule has 1 N–H and O–H groups in total. The fourth-order valence-corrected chi connectivity index (χ4v) is 4.83. The largest absolute Gasteiger partial charge is 0.497 e. The van der Waals surface area contributed by atoms with Crippen molar-refractivity contribution in [3.05, 3.63) is 54.7 Å². The van der Waals surface area contributed by atoms with Gasteiger partial charge in [0.05, 0.1) is 19.9 Å². The summed E-state index contributed by atoms with van der Waals surface area (Å²) < 4.78 is 12.2. The lowest BCUT2D eigenvalue weighted by Crippen LogP contribution is -2.54. The van der Waals surface area contributed by atoms with E-state index in [0.29, 0.717) is 22.7 Å². The van der Waals surface area contributed by atoms with Gasteiger partial charge >= 0.3 is 6.03 Å². The number of hydrogen-bond donors (Lipinski definition) is 1. The van der Waals surface area contributed by atoms with Gasteiger partial charge in [-0.15, -0.1) is 6.42 Å². The zero-order valence-corrected chi connectivity index (χ0v) is 19.9. The molecule has 1 saturated heterocycles. The second-order valence-corrected chi connectivity index (χ2v) is 8.29. The molecule has 1 aliphatic heterocycles. The molecule has 1 heterocycles. The maximum Gasteiger partial charge on any atom is 0.335 e. The molecule has 0 spiro atoms. The number of halogens is 2. The minimum atomic E-state index is -0.811. The first-order valence-corrected chi connectivity index (χ1v) is 10.6. The molecule has 152 valence electrons. The van der Waals surface area contributed by atoms with Gasteiger partial charge in [0.25, 0.3) is 11.8 Å². The lowest BCUT2D eigenvalue weighted by Gasteiger charge is -2.26. The number of anilines is 1. The van der Waals surface area contributed by atoms with Crippen molar-refractivity contribution in [2.45, 2.75) is 0 Å². The van der Waals surface area contributed by atoms with E-state index in [1.54, 1.807) is 36.4 Å². The molecule has 4 amide bonds. The van der Waals surface area contributed by atoms with E-state index in [2.05, 4.69) is 56.4 Å². The standard InChI is InChI=1S/C21H14I2N2O5/c1-3-8-30-18-16(22)10-12(11-17(18)23)9-15-19(26)24-21(28)25(20(15)27)13-4-6-14(29-2)7-5-13/h1,4-7,9-11H,8H2,2H3,(H,24,26,28). The number of carbonyl (C=O) groups excluding carboxylic acids is 3. The van der Waals surface area contributed by atoms with E-state index in [4.69, 9.17) is 15.9 Å². The molecule has 0 unspecified atom stereocenters. The van der Waals surface area contributed by atoms with Gasteiger partial charge in [0.1, 0.15) is 23.7 Å². The SMILES string of the molecule is C#CCOc1c(I)cc(C=C2C(=O)NC(=O)N(c3ccc(OC)cc3)C2=O)cc1I. The Hall–Kier alpha value is -2.59. The molecule has 0 aliphatic carbocycles. The number of ether oxygens (including phenoxy) is 2. The number of terminal acetylenes is 1. The molecular weight excluding hydrogens is 614 g/mol. The minimum Gasteiger partial charge on any atom is -0.497 e. The normalized spacial score (nSPS) is 15.1. The lowest BCUT2D eigenvalue weighted by atomic mass is 10.1. The third-order valence-electron chi connectivity index (χ3n) is 4.06. The number of barbiturate groups is 1. The number of urea groups is 1. The van der Waals surface area contributed by atoms with Gasteiger partial charge in [-0.3, -0.25) is 14.9 Å². The Labute approximate surface area is 200 Å². The molecule has 2 aromatic rings. The minimum absolute atomic E-state index is 0.131. The van der Waals surface area contributed by atoms with Crippen LogP contribution < -0.4 is 19.7 Å². The van der Waals surface area contributed by atoms with E-state index in [-0.39, 0.29) is 12.2 Å². The molecule has 0 radical (unpaired) electrons. The van der Waals surface area contributed by atoms with Crippen molar-refractivity contribution in [1.29, 1.82) is 0 Å². The number of nitrogens with zero attached hydrogens (tertiary/aromatic N) is 1. The first-order chi connectivity index (χ1) is 14.3. The monoisotopic (exact) mass is 628 g/mol. The average molecular weight is 628 g/mol. The summed E-state index contributed by atoms with van der Waals surface area (Å²) in [5.41, 5.74) is 0.771. The van der Waals surface area contributed by atoms with Crippen LogP contribution in [-0.4, -0.2) is 31.6 Å². The van der Waals surface area contributed by atoms with E-state index in [0.717, 1.165) is 12.0 Å². The number of methoxy groups -OCH3 is 1. The van der Waals surface area contributed by atoms with Gasteiger partial charge in [0, 0.05) is 0 Å².